The summed E-state index contributed by atoms with van der Waals surface area (Å²) >= 11 is 0. The first-order valence-electron chi connectivity index (χ1n) is 4.90. The van der Waals surface area contributed by atoms with Crippen LogP contribution in [0.4, 0.5) is 18.9 Å². The van der Waals surface area contributed by atoms with Crippen LogP contribution in [-0.4, -0.2) is 12.0 Å². The van der Waals surface area contributed by atoms with Gasteiger partial charge in [-0.3, -0.25) is 4.98 Å². The molecule has 17 heavy (non-hydrogen) atoms. The minimum absolute atomic E-state index is 0.193. The van der Waals surface area contributed by atoms with Crippen LogP contribution in [0.1, 0.15) is 0 Å². The van der Waals surface area contributed by atoms with Crippen LogP contribution in [-0.2, 0) is 0 Å². The Kier molecular flexibility index (Phi) is 2.99. The van der Waals surface area contributed by atoms with Crippen LogP contribution in [0, 0.1) is 17.5 Å². The fraction of sp³-hybridized carbons (Fsp3) is 0.0833. The lowest BCUT2D eigenvalue weighted by atomic mass is 10.1. The van der Waals surface area contributed by atoms with Gasteiger partial charge in [0.05, 0.1) is 5.69 Å². The summed E-state index contributed by atoms with van der Waals surface area (Å²) < 4.78 is 38.9. The average Bonchev–Trinajstić information content (AvgIpc) is 2.35. The fourth-order valence-electron chi connectivity index (χ4n) is 1.45. The van der Waals surface area contributed by atoms with Crippen molar-refractivity contribution >= 4 is 5.69 Å². The summed E-state index contributed by atoms with van der Waals surface area (Å²) in [5.74, 6) is -3.92. The Morgan fingerprint density at radius 2 is 1.71 bits per heavy atom. The summed E-state index contributed by atoms with van der Waals surface area (Å²) in [4.78, 5) is 3.97. The molecule has 5 heteroatoms. The normalized spacial score (nSPS) is 10.4. The van der Waals surface area contributed by atoms with Crippen LogP contribution < -0.4 is 5.32 Å². The minimum Gasteiger partial charge on any atom is -0.388 e. The lowest BCUT2D eigenvalue weighted by Crippen LogP contribution is -1.94. The van der Waals surface area contributed by atoms with Gasteiger partial charge in [0.1, 0.15) is 0 Å². The third kappa shape index (κ3) is 2.22. The Morgan fingerprint density at radius 3 is 2.29 bits per heavy atom. The van der Waals surface area contributed by atoms with Crippen molar-refractivity contribution in [2.24, 2.45) is 0 Å². The Hall–Kier alpha value is -2.04. The number of nitrogens with one attached hydrogen (secondary N) is 1. The number of anilines is 1. The van der Waals surface area contributed by atoms with Crippen molar-refractivity contribution in [2.75, 3.05) is 12.4 Å². The van der Waals surface area contributed by atoms with Gasteiger partial charge in [0.25, 0.3) is 0 Å². The molecule has 0 aliphatic heterocycles. The SMILES string of the molecule is CNc1ccnc(-c2cc(F)c(F)c(F)c2)c1. The van der Waals surface area contributed by atoms with Gasteiger partial charge in [-0.2, -0.15) is 0 Å². The zero-order valence-electron chi connectivity index (χ0n) is 8.97. The van der Waals surface area contributed by atoms with Gasteiger partial charge < -0.3 is 5.32 Å². The van der Waals surface area contributed by atoms with E-state index < -0.39 is 17.5 Å². The monoisotopic (exact) mass is 238 g/mol. The highest BCUT2D eigenvalue weighted by atomic mass is 19.2. The van der Waals surface area contributed by atoms with Crippen molar-refractivity contribution in [3.05, 3.63) is 47.9 Å². The molecule has 1 aromatic heterocycles. The summed E-state index contributed by atoms with van der Waals surface area (Å²) in [6.45, 7) is 0. The van der Waals surface area contributed by atoms with Gasteiger partial charge in [-0.15, -0.1) is 0 Å². The molecule has 0 fully saturated rings. The van der Waals surface area contributed by atoms with Crippen molar-refractivity contribution < 1.29 is 13.2 Å². The molecule has 1 heterocycles. The number of rotatable bonds is 2. The van der Waals surface area contributed by atoms with E-state index in [0.29, 0.717) is 5.69 Å². The Bertz CT molecular complexity index is 532. The maximum atomic E-state index is 13.0. The lowest BCUT2D eigenvalue weighted by molar-refractivity contribution is 0.447. The van der Waals surface area contributed by atoms with E-state index >= 15 is 0 Å². The summed E-state index contributed by atoms with van der Waals surface area (Å²) in [5, 5.41) is 2.88. The molecule has 0 saturated carbocycles. The highest BCUT2D eigenvalue weighted by molar-refractivity contribution is 5.64. The van der Waals surface area contributed by atoms with Crippen LogP contribution in [0.15, 0.2) is 30.5 Å². The Morgan fingerprint density at radius 1 is 1.06 bits per heavy atom. The van der Waals surface area contributed by atoms with E-state index in [1.807, 2.05) is 0 Å². The minimum atomic E-state index is -1.47. The van der Waals surface area contributed by atoms with E-state index in [2.05, 4.69) is 10.3 Å². The Labute approximate surface area is 96.1 Å². The van der Waals surface area contributed by atoms with Crippen molar-refractivity contribution in [1.29, 1.82) is 0 Å². The van der Waals surface area contributed by atoms with Gasteiger partial charge >= 0.3 is 0 Å². The lowest BCUT2D eigenvalue weighted by Gasteiger charge is -2.05. The van der Waals surface area contributed by atoms with E-state index in [0.717, 1.165) is 17.8 Å². The topological polar surface area (TPSA) is 24.9 Å². The third-order valence-corrected chi connectivity index (χ3v) is 2.33. The molecule has 0 saturated heterocycles. The van der Waals surface area contributed by atoms with Crippen LogP contribution >= 0.6 is 0 Å². The largest absolute Gasteiger partial charge is 0.388 e. The van der Waals surface area contributed by atoms with E-state index in [1.165, 1.54) is 6.20 Å². The average molecular weight is 238 g/mol. The molecule has 2 aromatic rings. The molecule has 2 rings (SSSR count). The zero-order chi connectivity index (χ0) is 12.4. The fourth-order valence-corrected chi connectivity index (χ4v) is 1.45. The Balaban J connectivity index is 2.52. The van der Waals surface area contributed by atoms with Crippen molar-refractivity contribution in [1.82, 2.24) is 4.98 Å². The van der Waals surface area contributed by atoms with Gasteiger partial charge in [0, 0.05) is 24.5 Å². The molecule has 0 bridgehead atoms. The molecule has 0 atom stereocenters. The maximum Gasteiger partial charge on any atom is 0.194 e. The van der Waals surface area contributed by atoms with E-state index in [4.69, 9.17) is 0 Å². The third-order valence-electron chi connectivity index (χ3n) is 2.33. The van der Waals surface area contributed by atoms with Crippen LogP contribution in [0.25, 0.3) is 11.3 Å². The molecule has 1 aromatic carbocycles. The quantitative estimate of drug-likeness (QED) is 0.812. The first kappa shape index (κ1) is 11.4. The second kappa shape index (κ2) is 4.45. The number of hydrogen-bond acceptors (Lipinski definition) is 2. The second-order valence-corrected chi connectivity index (χ2v) is 3.43. The standard InChI is InChI=1S/C12H9F3N2/c1-16-8-2-3-17-11(6-8)7-4-9(13)12(15)10(14)5-7/h2-6H,1H3,(H,16,17). The predicted molar refractivity (Wildman–Crippen MR) is 59.1 cm³/mol. The molecule has 88 valence electrons. The van der Waals surface area contributed by atoms with Gasteiger partial charge in [-0.05, 0) is 24.3 Å². The molecule has 0 radical (unpaired) electrons. The molecular formula is C12H9F3N2. The van der Waals surface area contributed by atoms with Crippen molar-refractivity contribution in [3.63, 3.8) is 0 Å². The molecular weight excluding hydrogens is 229 g/mol. The molecule has 0 unspecified atom stereocenters. The van der Waals surface area contributed by atoms with Gasteiger partial charge in [-0.25, -0.2) is 13.2 Å². The number of halogens is 3. The van der Waals surface area contributed by atoms with Crippen LogP contribution in [0.5, 0.6) is 0 Å². The zero-order valence-corrected chi connectivity index (χ0v) is 8.97. The molecule has 0 aliphatic carbocycles. The summed E-state index contributed by atoms with van der Waals surface area (Å²) in [5.41, 5.74) is 1.31. The van der Waals surface area contributed by atoms with Gasteiger partial charge in [0.2, 0.25) is 0 Å². The number of benzene rings is 1. The number of aromatic nitrogens is 1. The molecule has 2 nitrogen and oxygen atoms in total. The van der Waals surface area contributed by atoms with E-state index in [9.17, 15) is 13.2 Å². The predicted octanol–water partition coefficient (Wildman–Crippen LogP) is 3.21. The van der Waals surface area contributed by atoms with E-state index in [1.54, 1.807) is 19.2 Å². The number of nitrogens with zero attached hydrogens (tertiary/aromatic N) is 1. The smallest absolute Gasteiger partial charge is 0.194 e. The van der Waals surface area contributed by atoms with Crippen LogP contribution in [0.3, 0.4) is 0 Å². The van der Waals surface area contributed by atoms with Gasteiger partial charge in [0.15, 0.2) is 17.5 Å². The molecule has 1 N–H and O–H groups in total. The second-order valence-electron chi connectivity index (χ2n) is 3.43. The molecule has 0 aliphatic rings. The molecule has 0 spiro atoms. The summed E-state index contributed by atoms with van der Waals surface area (Å²) in [6, 6.07) is 5.16. The van der Waals surface area contributed by atoms with Crippen molar-refractivity contribution in [2.45, 2.75) is 0 Å². The number of pyridine rings is 1. The van der Waals surface area contributed by atoms with Crippen LogP contribution in [0.2, 0.25) is 0 Å². The molecule has 0 amide bonds. The maximum absolute atomic E-state index is 13.0. The highest BCUT2D eigenvalue weighted by Crippen LogP contribution is 2.23. The summed E-state index contributed by atoms with van der Waals surface area (Å²) in [6.07, 6.45) is 1.50. The van der Waals surface area contributed by atoms with Crippen molar-refractivity contribution in [3.8, 4) is 11.3 Å². The van der Waals surface area contributed by atoms with Gasteiger partial charge in [-0.1, -0.05) is 0 Å². The highest BCUT2D eigenvalue weighted by Gasteiger charge is 2.12. The number of hydrogen-bond donors (Lipinski definition) is 1. The first-order valence-corrected chi connectivity index (χ1v) is 4.90. The van der Waals surface area contributed by atoms with E-state index in [-0.39, 0.29) is 5.56 Å². The summed E-state index contributed by atoms with van der Waals surface area (Å²) in [7, 11) is 1.71. The first-order chi connectivity index (χ1) is 8.11.